The third-order valence-corrected chi connectivity index (χ3v) is 2.51. The van der Waals surface area contributed by atoms with E-state index in [0.29, 0.717) is 5.76 Å². The lowest BCUT2D eigenvalue weighted by Gasteiger charge is -2.14. The summed E-state index contributed by atoms with van der Waals surface area (Å²) in [6.07, 6.45) is 0. The van der Waals surface area contributed by atoms with Gasteiger partial charge in [-0.15, -0.1) is 0 Å². The van der Waals surface area contributed by atoms with Crippen LogP contribution in [0.2, 0.25) is 0 Å². The molecule has 0 aliphatic rings. The molecule has 94 valence electrons. The zero-order valence-corrected chi connectivity index (χ0v) is 9.77. The van der Waals surface area contributed by atoms with Gasteiger partial charge in [0.25, 0.3) is 0 Å². The summed E-state index contributed by atoms with van der Waals surface area (Å²) in [5, 5.41) is 11.3. The number of rotatable bonds is 5. The largest absolute Gasteiger partial charge is 0.475 e. The zero-order valence-electron chi connectivity index (χ0n) is 9.77. The lowest BCUT2D eigenvalue weighted by molar-refractivity contribution is -0.125. The minimum atomic E-state index is -1.13. The lowest BCUT2D eigenvalue weighted by atomic mass is 10.0. The summed E-state index contributed by atoms with van der Waals surface area (Å²) in [6, 6.07) is 2.63. The molecule has 1 heterocycles. The smallest absolute Gasteiger partial charge is 0.371 e. The first-order valence-electron chi connectivity index (χ1n) is 5.27. The van der Waals surface area contributed by atoms with Crippen LogP contribution in [0.15, 0.2) is 16.5 Å². The number of carboxylic acid groups (broad SMARTS) is 1. The Morgan fingerprint density at radius 3 is 2.59 bits per heavy atom. The maximum atomic E-state index is 11.5. The molecule has 2 atom stereocenters. The van der Waals surface area contributed by atoms with Crippen molar-refractivity contribution in [2.24, 2.45) is 11.7 Å². The number of carbonyl (C=O) groups excluding carboxylic acids is 1. The van der Waals surface area contributed by atoms with Gasteiger partial charge in [-0.2, -0.15) is 0 Å². The van der Waals surface area contributed by atoms with Crippen molar-refractivity contribution < 1.29 is 19.1 Å². The molecule has 6 heteroatoms. The molecule has 0 radical (unpaired) electrons. The van der Waals surface area contributed by atoms with Gasteiger partial charge in [-0.1, -0.05) is 6.92 Å². The first-order valence-corrected chi connectivity index (χ1v) is 5.27. The van der Waals surface area contributed by atoms with Gasteiger partial charge in [0.1, 0.15) is 5.76 Å². The Labute approximate surface area is 98.8 Å². The quantitative estimate of drug-likeness (QED) is 0.698. The molecular weight excluding hydrogens is 224 g/mol. The highest BCUT2D eigenvalue weighted by atomic mass is 16.4. The van der Waals surface area contributed by atoms with Gasteiger partial charge in [-0.3, -0.25) is 4.79 Å². The molecule has 6 nitrogen and oxygen atoms in total. The van der Waals surface area contributed by atoms with Crippen LogP contribution < -0.4 is 11.1 Å². The van der Waals surface area contributed by atoms with Crippen LogP contribution in [-0.4, -0.2) is 23.0 Å². The van der Waals surface area contributed by atoms with Crippen molar-refractivity contribution in [1.82, 2.24) is 5.32 Å². The summed E-state index contributed by atoms with van der Waals surface area (Å²) >= 11 is 0. The van der Waals surface area contributed by atoms with Gasteiger partial charge < -0.3 is 20.6 Å². The number of aromatic carboxylic acids is 1. The third kappa shape index (κ3) is 3.60. The summed E-state index contributed by atoms with van der Waals surface area (Å²) in [5.41, 5.74) is 5.59. The lowest BCUT2D eigenvalue weighted by Crippen LogP contribution is -2.38. The topological polar surface area (TPSA) is 106 Å². The molecule has 0 bridgehead atoms. The van der Waals surface area contributed by atoms with E-state index in [1.807, 2.05) is 0 Å². The van der Waals surface area contributed by atoms with Crippen molar-refractivity contribution in [1.29, 1.82) is 0 Å². The SMILES string of the molecule is CC(N)C(C)C(=O)NCc1ccc(C(=O)O)o1. The second-order valence-corrected chi connectivity index (χ2v) is 3.94. The van der Waals surface area contributed by atoms with Crippen LogP contribution in [0.4, 0.5) is 0 Å². The Morgan fingerprint density at radius 1 is 1.47 bits per heavy atom. The van der Waals surface area contributed by atoms with Gasteiger partial charge in [-0.05, 0) is 19.1 Å². The van der Waals surface area contributed by atoms with Crippen LogP contribution in [0, 0.1) is 5.92 Å². The minimum Gasteiger partial charge on any atom is -0.475 e. The molecule has 0 aromatic carbocycles. The number of hydrogen-bond donors (Lipinski definition) is 3. The Kier molecular flexibility index (Phi) is 4.28. The number of furan rings is 1. The molecule has 0 aliphatic carbocycles. The molecule has 1 aromatic heterocycles. The fraction of sp³-hybridized carbons (Fsp3) is 0.455. The van der Waals surface area contributed by atoms with Crippen LogP contribution >= 0.6 is 0 Å². The van der Waals surface area contributed by atoms with Crippen molar-refractivity contribution in [2.75, 3.05) is 0 Å². The number of hydrogen-bond acceptors (Lipinski definition) is 4. The Hall–Kier alpha value is -1.82. The summed E-state index contributed by atoms with van der Waals surface area (Å²) in [7, 11) is 0. The molecule has 0 spiro atoms. The van der Waals surface area contributed by atoms with Gasteiger partial charge in [0.05, 0.1) is 6.54 Å². The molecule has 0 saturated carbocycles. The monoisotopic (exact) mass is 240 g/mol. The van der Waals surface area contributed by atoms with Gasteiger partial charge in [0.15, 0.2) is 0 Å². The van der Waals surface area contributed by atoms with Gasteiger partial charge in [0, 0.05) is 12.0 Å². The highest BCUT2D eigenvalue weighted by molar-refractivity contribution is 5.84. The molecular formula is C11H16N2O4. The van der Waals surface area contributed by atoms with Crippen LogP contribution in [0.5, 0.6) is 0 Å². The van der Waals surface area contributed by atoms with Crippen LogP contribution in [0.3, 0.4) is 0 Å². The summed E-state index contributed by atoms with van der Waals surface area (Å²) < 4.78 is 4.99. The van der Waals surface area contributed by atoms with Crippen molar-refractivity contribution >= 4 is 11.9 Å². The van der Waals surface area contributed by atoms with Crippen molar-refractivity contribution in [3.05, 3.63) is 23.7 Å². The average molecular weight is 240 g/mol. The maximum Gasteiger partial charge on any atom is 0.371 e. The third-order valence-electron chi connectivity index (χ3n) is 2.51. The standard InChI is InChI=1S/C11H16N2O4/c1-6(7(2)12)10(14)13-5-8-3-4-9(17-8)11(15)16/h3-4,6-7H,5,12H2,1-2H3,(H,13,14)(H,15,16). The maximum absolute atomic E-state index is 11.5. The predicted octanol–water partition coefficient (Wildman–Crippen LogP) is 0.577. The van der Waals surface area contributed by atoms with E-state index >= 15 is 0 Å². The first-order chi connectivity index (χ1) is 7.91. The fourth-order valence-corrected chi connectivity index (χ4v) is 1.16. The summed E-state index contributed by atoms with van der Waals surface area (Å²) in [4.78, 5) is 22.1. The molecule has 1 rings (SSSR count). The van der Waals surface area contributed by atoms with Crippen molar-refractivity contribution in [2.45, 2.75) is 26.4 Å². The zero-order chi connectivity index (χ0) is 13.0. The number of nitrogens with one attached hydrogen (secondary N) is 1. The molecule has 4 N–H and O–H groups in total. The van der Waals surface area contributed by atoms with E-state index in [1.165, 1.54) is 12.1 Å². The molecule has 2 unspecified atom stereocenters. The van der Waals surface area contributed by atoms with Gasteiger partial charge >= 0.3 is 5.97 Å². The summed E-state index contributed by atoms with van der Waals surface area (Å²) in [6.45, 7) is 3.63. The number of carboxylic acids is 1. The minimum absolute atomic E-state index is 0.144. The number of carbonyl (C=O) groups is 2. The van der Waals surface area contributed by atoms with Gasteiger partial charge in [-0.25, -0.2) is 4.79 Å². The van der Waals surface area contributed by atoms with E-state index in [0.717, 1.165) is 0 Å². The Bertz CT molecular complexity index is 411. The Morgan fingerprint density at radius 2 is 2.12 bits per heavy atom. The fourth-order valence-electron chi connectivity index (χ4n) is 1.16. The highest BCUT2D eigenvalue weighted by Crippen LogP contribution is 2.08. The van der Waals surface area contributed by atoms with E-state index in [1.54, 1.807) is 13.8 Å². The predicted molar refractivity (Wildman–Crippen MR) is 60.3 cm³/mol. The number of nitrogens with two attached hydrogens (primary N) is 1. The van der Waals surface area contributed by atoms with E-state index in [9.17, 15) is 9.59 Å². The van der Waals surface area contributed by atoms with E-state index in [-0.39, 0.29) is 30.2 Å². The second kappa shape index (κ2) is 5.49. The highest BCUT2D eigenvalue weighted by Gasteiger charge is 2.17. The molecule has 17 heavy (non-hydrogen) atoms. The van der Waals surface area contributed by atoms with Crippen LogP contribution in [0.1, 0.15) is 30.2 Å². The molecule has 0 saturated heterocycles. The summed E-state index contributed by atoms with van der Waals surface area (Å²) in [5.74, 6) is -1.37. The van der Waals surface area contributed by atoms with Crippen LogP contribution in [-0.2, 0) is 11.3 Å². The number of amides is 1. The van der Waals surface area contributed by atoms with Crippen molar-refractivity contribution in [3.8, 4) is 0 Å². The average Bonchev–Trinajstić information content (AvgIpc) is 2.73. The first kappa shape index (κ1) is 13.2. The molecule has 0 fully saturated rings. The normalized spacial score (nSPS) is 14.1. The molecule has 1 aromatic rings. The van der Waals surface area contributed by atoms with E-state index in [4.69, 9.17) is 15.3 Å². The van der Waals surface area contributed by atoms with Gasteiger partial charge in [0.2, 0.25) is 11.7 Å². The van der Waals surface area contributed by atoms with Crippen molar-refractivity contribution in [3.63, 3.8) is 0 Å². The Balaban J connectivity index is 2.50. The van der Waals surface area contributed by atoms with E-state index < -0.39 is 5.97 Å². The van der Waals surface area contributed by atoms with E-state index in [2.05, 4.69) is 5.32 Å². The second-order valence-electron chi connectivity index (χ2n) is 3.94. The van der Waals surface area contributed by atoms with Crippen LogP contribution in [0.25, 0.3) is 0 Å². The molecule has 1 amide bonds. The molecule has 0 aliphatic heterocycles.